The van der Waals surface area contributed by atoms with Gasteiger partial charge in [-0.05, 0) is 56.7 Å². The molecule has 2 amide bonds. The van der Waals surface area contributed by atoms with Gasteiger partial charge in [-0.1, -0.05) is 23.7 Å². The average molecular weight is 323 g/mol. The zero-order valence-corrected chi connectivity index (χ0v) is 13.6. The summed E-state index contributed by atoms with van der Waals surface area (Å²) < 4.78 is 0. The standard InChI is InChI=1S/C17H23ClN2O2/c1-12(13-2-4-14(18)5-3-13)20-11-10-17(19-16(20)22)8-6-15(21)7-9-17/h2-5,12,15,21H,6-11H2,1H3,(H,19,22)/t12-,15?,17?/m0/s1. The van der Waals surface area contributed by atoms with Crippen LogP contribution in [0.1, 0.15) is 50.6 Å². The molecule has 2 aliphatic rings. The highest BCUT2D eigenvalue weighted by atomic mass is 35.5. The van der Waals surface area contributed by atoms with Gasteiger partial charge in [0.1, 0.15) is 0 Å². The lowest BCUT2D eigenvalue weighted by Crippen LogP contribution is -2.61. The first-order valence-corrected chi connectivity index (χ1v) is 8.39. The van der Waals surface area contributed by atoms with Gasteiger partial charge in [-0.3, -0.25) is 0 Å². The molecule has 1 aliphatic heterocycles. The van der Waals surface area contributed by atoms with Crippen LogP contribution in [-0.2, 0) is 0 Å². The summed E-state index contributed by atoms with van der Waals surface area (Å²) in [6.45, 7) is 2.80. The van der Waals surface area contributed by atoms with Gasteiger partial charge in [0, 0.05) is 17.1 Å². The maximum atomic E-state index is 12.6. The molecule has 2 N–H and O–H groups in total. The summed E-state index contributed by atoms with van der Waals surface area (Å²) in [5.41, 5.74) is 0.988. The van der Waals surface area contributed by atoms with Crippen LogP contribution in [0.4, 0.5) is 4.79 Å². The van der Waals surface area contributed by atoms with E-state index in [4.69, 9.17) is 11.6 Å². The number of aliphatic hydroxyl groups excluding tert-OH is 1. The molecule has 1 spiro atoms. The molecule has 1 aliphatic carbocycles. The minimum atomic E-state index is -0.200. The van der Waals surface area contributed by atoms with Crippen LogP contribution in [-0.4, -0.2) is 34.2 Å². The Labute approximate surface area is 136 Å². The smallest absolute Gasteiger partial charge is 0.318 e. The summed E-state index contributed by atoms with van der Waals surface area (Å²) in [7, 11) is 0. The zero-order chi connectivity index (χ0) is 15.7. The van der Waals surface area contributed by atoms with Crippen LogP contribution in [0.25, 0.3) is 0 Å². The van der Waals surface area contributed by atoms with Crippen molar-refractivity contribution in [2.75, 3.05) is 6.54 Å². The van der Waals surface area contributed by atoms with Crippen molar-refractivity contribution in [1.29, 1.82) is 0 Å². The number of carbonyl (C=O) groups is 1. The summed E-state index contributed by atoms with van der Waals surface area (Å²) in [6.07, 6.45) is 4.07. The Morgan fingerprint density at radius 2 is 1.91 bits per heavy atom. The van der Waals surface area contributed by atoms with E-state index in [1.54, 1.807) is 0 Å². The molecule has 120 valence electrons. The van der Waals surface area contributed by atoms with Crippen LogP contribution in [0.2, 0.25) is 5.02 Å². The number of rotatable bonds is 2. The Hall–Kier alpha value is -1.26. The lowest BCUT2D eigenvalue weighted by molar-refractivity contribution is 0.0572. The first-order chi connectivity index (χ1) is 10.5. The third kappa shape index (κ3) is 3.08. The Kier molecular flexibility index (Phi) is 4.33. The number of halogens is 1. The molecule has 5 heteroatoms. The van der Waals surface area contributed by atoms with E-state index in [0.29, 0.717) is 5.02 Å². The number of carbonyl (C=O) groups excluding carboxylic acids is 1. The fourth-order valence-corrected chi connectivity index (χ4v) is 3.74. The first kappa shape index (κ1) is 15.6. The highest BCUT2D eigenvalue weighted by molar-refractivity contribution is 6.30. The van der Waals surface area contributed by atoms with Gasteiger partial charge in [-0.25, -0.2) is 4.79 Å². The van der Waals surface area contributed by atoms with Crippen molar-refractivity contribution >= 4 is 17.6 Å². The zero-order valence-electron chi connectivity index (χ0n) is 12.9. The molecule has 1 atom stereocenters. The number of hydrogen-bond acceptors (Lipinski definition) is 2. The van der Waals surface area contributed by atoms with Crippen molar-refractivity contribution in [3.8, 4) is 0 Å². The third-order valence-electron chi connectivity index (χ3n) is 5.20. The van der Waals surface area contributed by atoms with Gasteiger partial charge in [0.05, 0.1) is 12.1 Å². The molecule has 0 bridgehead atoms. The highest BCUT2D eigenvalue weighted by Crippen LogP contribution is 2.35. The van der Waals surface area contributed by atoms with Gasteiger partial charge >= 0.3 is 6.03 Å². The largest absolute Gasteiger partial charge is 0.393 e. The van der Waals surface area contributed by atoms with Gasteiger partial charge in [0.25, 0.3) is 0 Å². The second-order valence-electron chi connectivity index (χ2n) is 6.61. The summed E-state index contributed by atoms with van der Waals surface area (Å²) in [5.74, 6) is 0. The predicted molar refractivity (Wildman–Crippen MR) is 86.9 cm³/mol. The number of urea groups is 1. The van der Waals surface area contributed by atoms with Crippen molar-refractivity contribution in [1.82, 2.24) is 10.2 Å². The molecule has 0 radical (unpaired) electrons. The summed E-state index contributed by atoms with van der Waals surface area (Å²) in [6, 6.07) is 7.70. The number of hydrogen-bond donors (Lipinski definition) is 2. The van der Waals surface area contributed by atoms with E-state index in [9.17, 15) is 9.90 Å². The van der Waals surface area contributed by atoms with Crippen molar-refractivity contribution in [3.05, 3.63) is 34.9 Å². The van der Waals surface area contributed by atoms with Crippen molar-refractivity contribution in [2.45, 2.75) is 56.7 Å². The van der Waals surface area contributed by atoms with Crippen LogP contribution in [0.5, 0.6) is 0 Å². The van der Waals surface area contributed by atoms with Crippen molar-refractivity contribution in [3.63, 3.8) is 0 Å². The number of nitrogens with one attached hydrogen (secondary N) is 1. The van der Waals surface area contributed by atoms with E-state index < -0.39 is 0 Å². The Morgan fingerprint density at radius 1 is 1.27 bits per heavy atom. The maximum Gasteiger partial charge on any atom is 0.318 e. The topological polar surface area (TPSA) is 52.6 Å². The second-order valence-corrected chi connectivity index (χ2v) is 7.05. The van der Waals surface area contributed by atoms with Crippen LogP contribution in [0, 0.1) is 0 Å². The average Bonchev–Trinajstić information content (AvgIpc) is 2.51. The molecule has 22 heavy (non-hydrogen) atoms. The van der Waals surface area contributed by atoms with E-state index in [0.717, 1.165) is 44.2 Å². The maximum absolute atomic E-state index is 12.6. The lowest BCUT2D eigenvalue weighted by Gasteiger charge is -2.47. The molecular formula is C17H23ClN2O2. The fraction of sp³-hybridized carbons (Fsp3) is 0.588. The van der Waals surface area contributed by atoms with E-state index in [1.807, 2.05) is 36.1 Å². The van der Waals surface area contributed by atoms with Crippen LogP contribution >= 0.6 is 11.6 Å². The molecular weight excluding hydrogens is 300 g/mol. The van der Waals surface area contributed by atoms with Crippen LogP contribution < -0.4 is 5.32 Å². The second kappa shape index (κ2) is 6.09. The summed E-state index contributed by atoms with van der Waals surface area (Å²) in [5, 5.41) is 13.6. The molecule has 0 aromatic heterocycles. The van der Waals surface area contributed by atoms with Gasteiger partial charge in [0.15, 0.2) is 0 Å². The minimum Gasteiger partial charge on any atom is -0.393 e. The number of amides is 2. The summed E-state index contributed by atoms with van der Waals surface area (Å²) in [4.78, 5) is 14.4. The van der Waals surface area contributed by atoms with Gasteiger partial charge in [-0.15, -0.1) is 0 Å². The molecule has 4 nitrogen and oxygen atoms in total. The van der Waals surface area contributed by atoms with Crippen LogP contribution in [0.15, 0.2) is 24.3 Å². The lowest BCUT2D eigenvalue weighted by atomic mass is 9.77. The van der Waals surface area contributed by atoms with E-state index >= 15 is 0 Å². The molecule has 1 aromatic carbocycles. The number of nitrogens with zero attached hydrogens (tertiary/aromatic N) is 1. The molecule has 1 heterocycles. The van der Waals surface area contributed by atoms with E-state index in [-0.39, 0.29) is 23.7 Å². The minimum absolute atomic E-state index is 0.00471. The monoisotopic (exact) mass is 322 g/mol. The highest BCUT2D eigenvalue weighted by Gasteiger charge is 2.41. The quantitative estimate of drug-likeness (QED) is 0.875. The van der Waals surface area contributed by atoms with E-state index in [1.165, 1.54) is 0 Å². The molecule has 1 saturated carbocycles. The van der Waals surface area contributed by atoms with Crippen molar-refractivity contribution in [2.24, 2.45) is 0 Å². The fourth-order valence-electron chi connectivity index (χ4n) is 3.62. The number of aliphatic hydroxyl groups is 1. The first-order valence-electron chi connectivity index (χ1n) is 8.01. The molecule has 2 fully saturated rings. The van der Waals surface area contributed by atoms with Gasteiger partial charge in [-0.2, -0.15) is 0 Å². The molecule has 1 saturated heterocycles. The summed E-state index contributed by atoms with van der Waals surface area (Å²) >= 11 is 5.93. The SMILES string of the molecule is C[C@@H](c1ccc(Cl)cc1)N1CCC2(CCC(O)CC2)NC1=O. The number of benzene rings is 1. The molecule has 3 rings (SSSR count). The third-order valence-corrected chi connectivity index (χ3v) is 5.45. The van der Waals surface area contributed by atoms with Gasteiger partial charge < -0.3 is 15.3 Å². The van der Waals surface area contributed by atoms with Gasteiger partial charge in [0.2, 0.25) is 0 Å². The van der Waals surface area contributed by atoms with E-state index in [2.05, 4.69) is 5.32 Å². The Bertz CT molecular complexity index is 538. The predicted octanol–water partition coefficient (Wildman–Crippen LogP) is 3.49. The van der Waals surface area contributed by atoms with Crippen molar-refractivity contribution < 1.29 is 9.90 Å². The normalized spacial score (nSPS) is 30.2. The Morgan fingerprint density at radius 3 is 2.50 bits per heavy atom. The molecule has 1 aromatic rings. The molecule has 0 unspecified atom stereocenters. The van der Waals surface area contributed by atoms with Crippen LogP contribution in [0.3, 0.4) is 0 Å². The Balaban J connectivity index is 1.68.